The van der Waals surface area contributed by atoms with E-state index in [0.29, 0.717) is 6.04 Å². The fraction of sp³-hybridized carbons (Fsp3) is 0.900. The van der Waals surface area contributed by atoms with E-state index in [9.17, 15) is 9.90 Å². The molecule has 5 nitrogen and oxygen atoms in total. The van der Waals surface area contributed by atoms with Crippen LogP contribution in [-0.4, -0.2) is 54.7 Å². The molecule has 1 amide bonds. The molecule has 0 saturated carbocycles. The molecule has 5 heteroatoms. The summed E-state index contributed by atoms with van der Waals surface area (Å²) in [5.74, 6) is 0.00731. The Hall–Kier alpha value is -0.650. The average Bonchev–Trinajstić information content (AvgIpc) is 2.28. The van der Waals surface area contributed by atoms with Crippen LogP contribution >= 0.6 is 0 Å². The van der Waals surface area contributed by atoms with Gasteiger partial charge >= 0.3 is 0 Å². The van der Waals surface area contributed by atoms with Crippen molar-refractivity contribution in [1.82, 2.24) is 10.2 Å². The van der Waals surface area contributed by atoms with E-state index in [1.165, 1.54) is 0 Å². The number of hydrogen-bond donors (Lipinski definition) is 3. The first kappa shape index (κ1) is 12.4. The van der Waals surface area contributed by atoms with Gasteiger partial charge in [0.05, 0.1) is 12.5 Å². The maximum Gasteiger partial charge on any atom is 0.225 e. The lowest BCUT2D eigenvalue weighted by Crippen LogP contribution is -2.47. The standard InChI is InChI=1S/C10H21N3O2/c1-12-8-3-2-4-13(7-8)10(15)5-9(14)6-11/h8-9,12,14H,2-7,11H2,1H3. The van der Waals surface area contributed by atoms with Crippen molar-refractivity contribution >= 4 is 5.91 Å². The Bertz CT molecular complexity index is 211. The van der Waals surface area contributed by atoms with Gasteiger partial charge in [0.25, 0.3) is 0 Å². The van der Waals surface area contributed by atoms with Gasteiger partial charge < -0.3 is 21.1 Å². The predicted octanol–water partition coefficient (Wildman–Crippen LogP) is -1.09. The maximum absolute atomic E-state index is 11.7. The van der Waals surface area contributed by atoms with Crippen LogP contribution in [0.25, 0.3) is 0 Å². The summed E-state index contributed by atoms with van der Waals surface area (Å²) in [6.07, 6.45) is 1.58. The summed E-state index contributed by atoms with van der Waals surface area (Å²) in [4.78, 5) is 13.5. The Morgan fingerprint density at radius 2 is 2.47 bits per heavy atom. The Kier molecular flexibility index (Phi) is 5.01. The van der Waals surface area contributed by atoms with Crippen molar-refractivity contribution in [1.29, 1.82) is 0 Å². The number of nitrogens with two attached hydrogens (primary N) is 1. The molecule has 0 aromatic heterocycles. The SMILES string of the molecule is CNC1CCCN(C(=O)CC(O)CN)C1. The molecule has 4 N–H and O–H groups in total. The maximum atomic E-state index is 11.7. The molecule has 0 aromatic rings. The summed E-state index contributed by atoms with van der Waals surface area (Å²) < 4.78 is 0. The molecular weight excluding hydrogens is 194 g/mol. The van der Waals surface area contributed by atoms with Crippen LogP contribution in [0.15, 0.2) is 0 Å². The summed E-state index contributed by atoms with van der Waals surface area (Å²) >= 11 is 0. The van der Waals surface area contributed by atoms with Crippen molar-refractivity contribution in [3.63, 3.8) is 0 Å². The summed E-state index contributed by atoms with van der Waals surface area (Å²) in [5, 5.41) is 12.5. The Labute approximate surface area is 90.6 Å². The third kappa shape index (κ3) is 3.77. The van der Waals surface area contributed by atoms with Crippen LogP contribution in [0, 0.1) is 0 Å². The normalized spacial score (nSPS) is 23.9. The number of likely N-dealkylation sites (N-methyl/N-ethyl adjacent to an activating group) is 1. The molecule has 2 unspecified atom stereocenters. The molecule has 0 aliphatic carbocycles. The van der Waals surface area contributed by atoms with E-state index in [1.807, 2.05) is 11.9 Å². The van der Waals surface area contributed by atoms with Gasteiger partial charge in [0, 0.05) is 25.7 Å². The lowest BCUT2D eigenvalue weighted by Gasteiger charge is -2.33. The number of amides is 1. The Morgan fingerprint density at radius 1 is 1.73 bits per heavy atom. The molecule has 0 spiro atoms. The van der Waals surface area contributed by atoms with Crippen LogP contribution in [0.1, 0.15) is 19.3 Å². The smallest absolute Gasteiger partial charge is 0.225 e. The molecule has 1 fully saturated rings. The molecule has 1 saturated heterocycles. The number of carbonyl (C=O) groups excluding carboxylic acids is 1. The summed E-state index contributed by atoms with van der Waals surface area (Å²) in [6.45, 7) is 1.69. The van der Waals surface area contributed by atoms with Gasteiger partial charge in [0.1, 0.15) is 0 Å². The second kappa shape index (κ2) is 6.05. The third-order valence-electron chi connectivity index (χ3n) is 2.86. The largest absolute Gasteiger partial charge is 0.391 e. The van der Waals surface area contributed by atoms with Crippen molar-refractivity contribution < 1.29 is 9.90 Å². The van der Waals surface area contributed by atoms with Crippen LogP contribution in [0.2, 0.25) is 0 Å². The van der Waals surface area contributed by atoms with E-state index in [4.69, 9.17) is 5.73 Å². The Balaban J connectivity index is 2.38. The van der Waals surface area contributed by atoms with E-state index < -0.39 is 6.10 Å². The topological polar surface area (TPSA) is 78.6 Å². The van der Waals surface area contributed by atoms with E-state index in [0.717, 1.165) is 25.9 Å². The minimum atomic E-state index is -0.701. The molecule has 2 atom stereocenters. The molecule has 1 aliphatic rings. The number of nitrogens with one attached hydrogen (secondary N) is 1. The number of aliphatic hydroxyl groups is 1. The Morgan fingerprint density at radius 3 is 3.07 bits per heavy atom. The number of rotatable bonds is 4. The summed E-state index contributed by atoms with van der Waals surface area (Å²) in [7, 11) is 1.91. The highest BCUT2D eigenvalue weighted by Gasteiger charge is 2.23. The molecule has 1 rings (SSSR count). The van der Waals surface area contributed by atoms with Gasteiger partial charge in [-0.2, -0.15) is 0 Å². The number of likely N-dealkylation sites (tertiary alicyclic amines) is 1. The van der Waals surface area contributed by atoms with E-state index >= 15 is 0 Å². The second-order valence-corrected chi connectivity index (χ2v) is 4.06. The van der Waals surface area contributed by atoms with Crippen molar-refractivity contribution in [3.05, 3.63) is 0 Å². The van der Waals surface area contributed by atoms with Gasteiger partial charge in [-0.1, -0.05) is 0 Å². The predicted molar refractivity (Wildman–Crippen MR) is 58.3 cm³/mol. The molecule has 0 radical (unpaired) electrons. The zero-order chi connectivity index (χ0) is 11.3. The van der Waals surface area contributed by atoms with Crippen LogP contribution in [0.5, 0.6) is 0 Å². The summed E-state index contributed by atoms with van der Waals surface area (Å²) in [6, 6.07) is 0.387. The van der Waals surface area contributed by atoms with Crippen LogP contribution in [0.3, 0.4) is 0 Å². The molecule has 1 heterocycles. The van der Waals surface area contributed by atoms with Crippen molar-refractivity contribution in [2.75, 3.05) is 26.7 Å². The minimum absolute atomic E-state index is 0.00731. The molecule has 1 aliphatic heterocycles. The number of carbonyl (C=O) groups is 1. The van der Waals surface area contributed by atoms with Gasteiger partial charge in [0.2, 0.25) is 5.91 Å². The van der Waals surface area contributed by atoms with Gasteiger partial charge in [-0.25, -0.2) is 0 Å². The highest BCUT2D eigenvalue weighted by Crippen LogP contribution is 2.11. The first-order valence-corrected chi connectivity index (χ1v) is 5.50. The van der Waals surface area contributed by atoms with Gasteiger partial charge in [-0.15, -0.1) is 0 Å². The fourth-order valence-corrected chi connectivity index (χ4v) is 1.85. The second-order valence-electron chi connectivity index (χ2n) is 4.06. The zero-order valence-corrected chi connectivity index (χ0v) is 9.28. The molecule has 88 valence electrons. The summed E-state index contributed by atoms with van der Waals surface area (Å²) in [5.41, 5.74) is 5.27. The fourth-order valence-electron chi connectivity index (χ4n) is 1.85. The van der Waals surface area contributed by atoms with Crippen molar-refractivity contribution in [3.8, 4) is 0 Å². The first-order chi connectivity index (χ1) is 7.17. The average molecular weight is 215 g/mol. The highest BCUT2D eigenvalue weighted by molar-refractivity contribution is 5.76. The lowest BCUT2D eigenvalue weighted by atomic mass is 10.1. The highest BCUT2D eigenvalue weighted by atomic mass is 16.3. The van der Waals surface area contributed by atoms with Crippen molar-refractivity contribution in [2.45, 2.75) is 31.4 Å². The van der Waals surface area contributed by atoms with Crippen LogP contribution in [-0.2, 0) is 4.79 Å². The van der Waals surface area contributed by atoms with E-state index in [-0.39, 0.29) is 18.9 Å². The lowest BCUT2D eigenvalue weighted by molar-refractivity contribution is -0.134. The third-order valence-corrected chi connectivity index (χ3v) is 2.86. The quantitative estimate of drug-likeness (QED) is 0.556. The number of nitrogens with zero attached hydrogens (tertiary/aromatic N) is 1. The van der Waals surface area contributed by atoms with Crippen molar-refractivity contribution in [2.24, 2.45) is 5.73 Å². The van der Waals surface area contributed by atoms with Gasteiger partial charge in [-0.05, 0) is 19.9 Å². The molecular formula is C10H21N3O2. The number of hydrogen-bond acceptors (Lipinski definition) is 4. The van der Waals surface area contributed by atoms with Gasteiger partial charge in [0.15, 0.2) is 0 Å². The van der Waals surface area contributed by atoms with Crippen LogP contribution in [0.4, 0.5) is 0 Å². The molecule has 0 aromatic carbocycles. The van der Waals surface area contributed by atoms with Gasteiger partial charge in [-0.3, -0.25) is 4.79 Å². The number of piperidine rings is 1. The minimum Gasteiger partial charge on any atom is -0.391 e. The molecule has 15 heavy (non-hydrogen) atoms. The first-order valence-electron chi connectivity index (χ1n) is 5.50. The van der Waals surface area contributed by atoms with E-state index in [2.05, 4.69) is 5.32 Å². The number of aliphatic hydroxyl groups excluding tert-OH is 1. The van der Waals surface area contributed by atoms with Crippen LogP contribution < -0.4 is 11.1 Å². The zero-order valence-electron chi connectivity index (χ0n) is 9.28. The molecule has 0 bridgehead atoms. The van der Waals surface area contributed by atoms with E-state index in [1.54, 1.807) is 0 Å². The monoisotopic (exact) mass is 215 g/mol.